The van der Waals surface area contributed by atoms with Crippen LogP contribution in [0, 0.1) is 5.92 Å². The molecule has 4 rings (SSSR count). The van der Waals surface area contributed by atoms with Gasteiger partial charge in [-0.2, -0.15) is 0 Å². The molecule has 142 valence electrons. The Hall–Kier alpha value is -2.56. The zero-order chi connectivity index (χ0) is 18.5. The lowest BCUT2D eigenvalue weighted by molar-refractivity contribution is 0.196. The van der Waals surface area contributed by atoms with E-state index in [9.17, 15) is 4.79 Å². The molecule has 27 heavy (non-hydrogen) atoms. The minimum Gasteiger partial charge on any atom is -0.410 e. The summed E-state index contributed by atoms with van der Waals surface area (Å²) < 4.78 is 5.51. The monoisotopic (exact) mass is 365 g/mol. The van der Waals surface area contributed by atoms with Crippen molar-refractivity contribution >= 4 is 11.8 Å². The Balaban J connectivity index is 1.32. The van der Waals surface area contributed by atoms with Crippen molar-refractivity contribution in [2.24, 2.45) is 5.92 Å². The second kappa shape index (κ2) is 8.42. The Kier molecular flexibility index (Phi) is 5.56. The van der Waals surface area contributed by atoms with Crippen LogP contribution in [0.4, 0.5) is 10.5 Å². The lowest BCUT2D eigenvalue weighted by Crippen LogP contribution is -2.32. The van der Waals surface area contributed by atoms with Gasteiger partial charge >= 0.3 is 6.09 Å². The first-order valence-electron chi connectivity index (χ1n) is 10.0. The van der Waals surface area contributed by atoms with E-state index in [4.69, 9.17) is 4.74 Å². The molecule has 1 saturated carbocycles. The molecule has 0 saturated heterocycles. The van der Waals surface area contributed by atoms with E-state index in [-0.39, 0.29) is 6.09 Å². The topological polar surface area (TPSA) is 54.5 Å². The number of rotatable bonds is 5. The van der Waals surface area contributed by atoms with Crippen LogP contribution in [-0.2, 0) is 13.0 Å². The van der Waals surface area contributed by atoms with Crippen molar-refractivity contribution < 1.29 is 9.53 Å². The van der Waals surface area contributed by atoms with Crippen LogP contribution in [0.3, 0.4) is 0 Å². The van der Waals surface area contributed by atoms with E-state index in [1.54, 1.807) is 0 Å². The van der Waals surface area contributed by atoms with E-state index in [1.807, 2.05) is 36.7 Å². The zero-order valence-corrected chi connectivity index (χ0v) is 15.7. The average molecular weight is 365 g/mol. The van der Waals surface area contributed by atoms with Crippen LogP contribution in [-0.4, -0.2) is 24.2 Å². The van der Waals surface area contributed by atoms with E-state index in [1.165, 1.54) is 48.9 Å². The molecule has 5 heteroatoms. The van der Waals surface area contributed by atoms with E-state index >= 15 is 0 Å². The Morgan fingerprint density at radius 2 is 1.96 bits per heavy atom. The van der Waals surface area contributed by atoms with Gasteiger partial charge in [0.15, 0.2) is 0 Å². The van der Waals surface area contributed by atoms with Gasteiger partial charge in [-0.15, -0.1) is 0 Å². The molecule has 1 fully saturated rings. The van der Waals surface area contributed by atoms with Crippen LogP contribution in [0.1, 0.15) is 43.2 Å². The molecule has 0 bridgehead atoms. The number of nitrogens with one attached hydrogen (secondary N) is 1. The van der Waals surface area contributed by atoms with Crippen LogP contribution in [0.15, 0.2) is 42.7 Å². The summed E-state index contributed by atoms with van der Waals surface area (Å²) in [6.07, 6.45) is 10.6. The first-order chi connectivity index (χ1) is 13.3. The number of fused-ring (bicyclic) bond motifs is 1. The molecule has 1 aliphatic carbocycles. The van der Waals surface area contributed by atoms with Gasteiger partial charge in [-0.25, -0.2) is 4.79 Å². The van der Waals surface area contributed by atoms with Gasteiger partial charge in [-0.05, 0) is 66.6 Å². The first-order valence-corrected chi connectivity index (χ1v) is 10.0. The highest BCUT2D eigenvalue weighted by Crippen LogP contribution is 2.32. The van der Waals surface area contributed by atoms with Gasteiger partial charge in [0.1, 0.15) is 5.75 Å². The van der Waals surface area contributed by atoms with Crippen LogP contribution in [0.2, 0.25) is 0 Å². The SMILES string of the molecule is O=C(NCC1CCCCC1)Oc1ccc2c(c1)CCN2Cc1ccncc1. The van der Waals surface area contributed by atoms with Crippen LogP contribution < -0.4 is 15.0 Å². The fraction of sp³-hybridized carbons (Fsp3) is 0.455. The summed E-state index contributed by atoms with van der Waals surface area (Å²) in [5, 5.41) is 2.93. The Labute approximate surface area is 160 Å². The summed E-state index contributed by atoms with van der Waals surface area (Å²) in [6.45, 7) is 2.58. The number of carbonyl (C=O) groups is 1. The average Bonchev–Trinajstić information content (AvgIpc) is 3.10. The van der Waals surface area contributed by atoms with Gasteiger partial charge in [0, 0.05) is 37.7 Å². The maximum atomic E-state index is 12.1. The fourth-order valence-electron chi connectivity index (χ4n) is 4.14. The van der Waals surface area contributed by atoms with Crippen molar-refractivity contribution in [1.29, 1.82) is 0 Å². The van der Waals surface area contributed by atoms with Crippen molar-refractivity contribution in [3.8, 4) is 5.75 Å². The quantitative estimate of drug-likeness (QED) is 0.858. The lowest BCUT2D eigenvalue weighted by atomic mass is 9.89. The molecule has 0 unspecified atom stereocenters. The highest BCUT2D eigenvalue weighted by Gasteiger charge is 2.20. The normalized spacial score (nSPS) is 16.8. The summed E-state index contributed by atoms with van der Waals surface area (Å²) in [4.78, 5) is 18.5. The fourth-order valence-corrected chi connectivity index (χ4v) is 4.14. The highest BCUT2D eigenvalue weighted by molar-refractivity contribution is 5.71. The van der Waals surface area contributed by atoms with Crippen molar-refractivity contribution in [3.05, 3.63) is 53.9 Å². The van der Waals surface area contributed by atoms with Crippen LogP contribution in [0.5, 0.6) is 5.75 Å². The van der Waals surface area contributed by atoms with Gasteiger partial charge < -0.3 is 15.0 Å². The maximum absolute atomic E-state index is 12.1. The first kappa shape index (κ1) is 17.8. The molecular formula is C22H27N3O2. The van der Waals surface area contributed by atoms with Gasteiger partial charge in [-0.3, -0.25) is 4.98 Å². The van der Waals surface area contributed by atoms with Gasteiger partial charge in [0.05, 0.1) is 0 Å². The Bertz CT molecular complexity index is 772. The van der Waals surface area contributed by atoms with Gasteiger partial charge in [0.25, 0.3) is 0 Å². The molecular weight excluding hydrogens is 338 g/mol. The number of ether oxygens (including phenoxy) is 1. The van der Waals surface area contributed by atoms with E-state index < -0.39 is 0 Å². The highest BCUT2D eigenvalue weighted by atomic mass is 16.6. The second-order valence-electron chi connectivity index (χ2n) is 7.59. The Morgan fingerprint density at radius 1 is 1.15 bits per heavy atom. The number of aromatic nitrogens is 1. The molecule has 5 nitrogen and oxygen atoms in total. The summed E-state index contributed by atoms with van der Waals surface area (Å²) in [5.74, 6) is 1.23. The smallest absolute Gasteiger partial charge is 0.410 e. The number of pyridine rings is 1. The van der Waals surface area contributed by atoms with Crippen LogP contribution >= 0.6 is 0 Å². The number of anilines is 1. The number of amides is 1. The molecule has 1 aromatic heterocycles. The molecule has 1 aromatic carbocycles. The van der Waals surface area contributed by atoms with Crippen molar-refractivity contribution in [2.75, 3.05) is 18.0 Å². The second-order valence-corrected chi connectivity index (χ2v) is 7.59. The van der Waals surface area contributed by atoms with Gasteiger partial charge in [-0.1, -0.05) is 19.3 Å². The minimum absolute atomic E-state index is 0.341. The molecule has 2 aliphatic rings. The molecule has 1 N–H and O–H groups in total. The standard InChI is InChI=1S/C22H27N3O2/c26-22(24-15-17-4-2-1-3-5-17)27-20-6-7-21-19(14-20)10-13-25(21)16-18-8-11-23-12-9-18/h6-9,11-12,14,17H,1-5,10,13,15-16H2,(H,24,26). The maximum Gasteiger partial charge on any atom is 0.412 e. The third-order valence-electron chi connectivity index (χ3n) is 5.64. The number of benzene rings is 1. The lowest BCUT2D eigenvalue weighted by Gasteiger charge is -2.21. The van der Waals surface area contributed by atoms with Crippen molar-refractivity contribution in [1.82, 2.24) is 10.3 Å². The van der Waals surface area contributed by atoms with Crippen LogP contribution in [0.25, 0.3) is 0 Å². The summed E-state index contributed by atoms with van der Waals surface area (Å²) in [6, 6.07) is 10.1. The molecule has 0 atom stereocenters. The number of hydrogen-bond donors (Lipinski definition) is 1. The molecule has 0 radical (unpaired) electrons. The third-order valence-corrected chi connectivity index (χ3v) is 5.64. The third kappa shape index (κ3) is 4.59. The molecule has 2 aromatic rings. The molecule has 1 aliphatic heterocycles. The van der Waals surface area contributed by atoms with Crippen molar-refractivity contribution in [2.45, 2.75) is 45.1 Å². The zero-order valence-electron chi connectivity index (χ0n) is 15.7. The predicted octanol–water partition coefficient (Wildman–Crippen LogP) is 4.31. The van der Waals surface area contributed by atoms with E-state index in [2.05, 4.69) is 21.3 Å². The molecule has 2 heterocycles. The van der Waals surface area contributed by atoms with E-state index in [0.29, 0.717) is 11.7 Å². The summed E-state index contributed by atoms with van der Waals surface area (Å²) in [5.41, 5.74) is 3.71. The van der Waals surface area contributed by atoms with Gasteiger partial charge in [0.2, 0.25) is 0 Å². The number of nitrogens with zero attached hydrogens (tertiary/aromatic N) is 2. The molecule has 1 amide bonds. The van der Waals surface area contributed by atoms with Crippen molar-refractivity contribution in [3.63, 3.8) is 0 Å². The molecule has 0 spiro atoms. The van der Waals surface area contributed by atoms with E-state index in [0.717, 1.165) is 26.1 Å². The minimum atomic E-state index is -0.341. The Morgan fingerprint density at radius 3 is 2.78 bits per heavy atom. The number of carbonyl (C=O) groups excluding carboxylic acids is 1. The number of hydrogen-bond acceptors (Lipinski definition) is 4. The summed E-state index contributed by atoms with van der Waals surface area (Å²) >= 11 is 0. The predicted molar refractivity (Wildman–Crippen MR) is 106 cm³/mol. The largest absolute Gasteiger partial charge is 0.412 e. The summed E-state index contributed by atoms with van der Waals surface area (Å²) in [7, 11) is 0.